The maximum Gasteiger partial charge on any atom is 0.223 e. The molecule has 0 atom stereocenters. The number of nitrogens with zero attached hydrogens (tertiary/aromatic N) is 2. The van der Waals surface area contributed by atoms with E-state index in [-0.39, 0.29) is 5.41 Å². The maximum absolute atomic E-state index is 5.51. The fourth-order valence-electron chi connectivity index (χ4n) is 2.89. The quantitative estimate of drug-likeness (QED) is 0.897. The van der Waals surface area contributed by atoms with Crippen molar-refractivity contribution in [1.82, 2.24) is 9.97 Å². The van der Waals surface area contributed by atoms with Crippen molar-refractivity contribution < 1.29 is 0 Å². The van der Waals surface area contributed by atoms with Crippen molar-refractivity contribution in [2.45, 2.75) is 25.7 Å². The van der Waals surface area contributed by atoms with Crippen LogP contribution in [0.5, 0.6) is 0 Å². The molecule has 0 bridgehead atoms. The normalized spacial score (nSPS) is 15.3. The summed E-state index contributed by atoms with van der Waals surface area (Å²) < 4.78 is 0. The summed E-state index contributed by atoms with van der Waals surface area (Å²) in [6.07, 6.45) is 2.91. The van der Waals surface area contributed by atoms with Crippen molar-refractivity contribution in [2.75, 3.05) is 18.4 Å². The van der Waals surface area contributed by atoms with Gasteiger partial charge in [-0.1, -0.05) is 38.1 Å². The van der Waals surface area contributed by atoms with Crippen LogP contribution in [0.3, 0.4) is 0 Å². The number of anilines is 1. The van der Waals surface area contributed by atoms with Crippen molar-refractivity contribution in [2.24, 2.45) is 5.73 Å². The first-order valence-electron chi connectivity index (χ1n) is 7.01. The third kappa shape index (κ3) is 2.16. The van der Waals surface area contributed by atoms with E-state index in [0.717, 1.165) is 12.1 Å². The third-order valence-electron chi connectivity index (χ3n) is 3.84. The topological polar surface area (TPSA) is 63.8 Å². The van der Waals surface area contributed by atoms with Crippen LogP contribution in [0.4, 0.5) is 5.95 Å². The summed E-state index contributed by atoms with van der Waals surface area (Å²) in [6.45, 7) is 5.81. The molecule has 104 valence electrons. The summed E-state index contributed by atoms with van der Waals surface area (Å²) in [5.74, 6) is 0.656. The lowest BCUT2D eigenvalue weighted by Crippen LogP contribution is -2.26. The van der Waals surface area contributed by atoms with Gasteiger partial charge in [-0.25, -0.2) is 9.97 Å². The largest absolute Gasteiger partial charge is 0.353 e. The number of nitrogens with one attached hydrogen (secondary N) is 1. The molecular weight excluding hydrogens is 248 g/mol. The predicted octanol–water partition coefficient (Wildman–Crippen LogP) is 2.35. The van der Waals surface area contributed by atoms with Crippen molar-refractivity contribution >= 4 is 5.95 Å². The van der Waals surface area contributed by atoms with Gasteiger partial charge in [0.15, 0.2) is 0 Å². The number of fused-ring (bicyclic) bond motifs is 3. The molecule has 0 aliphatic heterocycles. The third-order valence-corrected chi connectivity index (χ3v) is 3.84. The molecule has 3 rings (SSSR count). The first-order chi connectivity index (χ1) is 9.62. The van der Waals surface area contributed by atoms with Crippen LogP contribution in [-0.4, -0.2) is 23.1 Å². The van der Waals surface area contributed by atoms with Gasteiger partial charge in [0.25, 0.3) is 0 Å². The van der Waals surface area contributed by atoms with Crippen LogP contribution in [0.1, 0.15) is 25.0 Å². The number of hydrogen-bond donors (Lipinski definition) is 2. The summed E-state index contributed by atoms with van der Waals surface area (Å²) in [4.78, 5) is 9.07. The van der Waals surface area contributed by atoms with Gasteiger partial charge in [-0.05, 0) is 23.0 Å². The lowest BCUT2D eigenvalue weighted by atomic mass is 9.72. The Morgan fingerprint density at radius 1 is 1.30 bits per heavy atom. The van der Waals surface area contributed by atoms with Crippen LogP contribution in [0.2, 0.25) is 0 Å². The van der Waals surface area contributed by atoms with Gasteiger partial charge < -0.3 is 11.1 Å². The summed E-state index contributed by atoms with van der Waals surface area (Å²) in [6, 6.07) is 8.52. The first-order valence-corrected chi connectivity index (χ1v) is 7.01. The van der Waals surface area contributed by atoms with Crippen LogP contribution < -0.4 is 11.1 Å². The van der Waals surface area contributed by atoms with E-state index in [9.17, 15) is 0 Å². The van der Waals surface area contributed by atoms with E-state index in [1.807, 2.05) is 6.20 Å². The molecule has 3 N–H and O–H groups in total. The van der Waals surface area contributed by atoms with Crippen LogP contribution >= 0.6 is 0 Å². The van der Waals surface area contributed by atoms with E-state index < -0.39 is 0 Å². The van der Waals surface area contributed by atoms with E-state index in [0.29, 0.717) is 19.0 Å². The van der Waals surface area contributed by atoms with Gasteiger partial charge in [0.1, 0.15) is 0 Å². The Morgan fingerprint density at radius 2 is 2.10 bits per heavy atom. The average molecular weight is 268 g/mol. The molecule has 1 aromatic carbocycles. The summed E-state index contributed by atoms with van der Waals surface area (Å²) >= 11 is 0. The highest BCUT2D eigenvalue weighted by atomic mass is 15.1. The zero-order valence-electron chi connectivity index (χ0n) is 12.0. The lowest BCUT2D eigenvalue weighted by molar-refractivity contribution is 0.514. The monoisotopic (exact) mass is 268 g/mol. The number of benzene rings is 1. The van der Waals surface area contributed by atoms with Gasteiger partial charge in [0.05, 0.1) is 5.69 Å². The first kappa shape index (κ1) is 13.1. The Labute approximate surface area is 119 Å². The van der Waals surface area contributed by atoms with Crippen LogP contribution in [0.25, 0.3) is 11.3 Å². The van der Waals surface area contributed by atoms with Gasteiger partial charge in [0.2, 0.25) is 5.95 Å². The molecule has 0 spiro atoms. The molecule has 0 unspecified atom stereocenters. The minimum atomic E-state index is 0.124. The summed E-state index contributed by atoms with van der Waals surface area (Å²) in [7, 11) is 0. The molecule has 0 radical (unpaired) electrons. The molecule has 0 saturated heterocycles. The zero-order chi connectivity index (χ0) is 14.2. The summed E-state index contributed by atoms with van der Waals surface area (Å²) in [5.41, 5.74) is 10.5. The van der Waals surface area contributed by atoms with Gasteiger partial charge in [0, 0.05) is 24.8 Å². The van der Waals surface area contributed by atoms with E-state index in [4.69, 9.17) is 5.73 Å². The Balaban J connectivity index is 2.09. The Hall–Kier alpha value is -1.94. The number of rotatable bonds is 3. The average Bonchev–Trinajstić information content (AvgIpc) is 2.45. The number of aromatic nitrogens is 2. The molecule has 1 aliphatic carbocycles. The van der Waals surface area contributed by atoms with Gasteiger partial charge in [-0.2, -0.15) is 0 Å². The number of hydrogen-bond acceptors (Lipinski definition) is 4. The number of nitrogens with two attached hydrogens (primary N) is 1. The molecule has 2 aromatic rings. The molecule has 1 heterocycles. The fourth-order valence-corrected chi connectivity index (χ4v) is 2.89. The van der Waals surface area contributed by atoms with Crippen molar-refractivity contribution in [3.63, 3.8) is 0 Å². The molecule has 1 aliphatic rings. The molecule has 1 aromatic heterocycles. The highest BCUT2D eigenvalue weighted by Crippen LogP contribution is 2.41. The SMILES string of the molecule is CC1(C)Cc2cnc(NCCN)nc2-c2ccccc21. The Bertz CT molecular complexity index is 634. The molecule has 0 fully saturated rings. The van der Waals surface area contributed by atoms with Gasteiger partial charge in [-0.3, -0.25) is 0 Å². The fraction of sp³-hybridized carbons (Fsp3) is 0.375. The maximum atomic E-state index is 5.51. The minimum Gasteiger partial charge on any atom is -0.353 e. The van der Waals surface area contributed by atoms with E-state index in [1.165, 1.54) is 16.7 Å². The molecule has 4 heteroatoms. The van der Waals surface area contributed by atoms with Gasteiger partial charge in [-0.15, -0.1) is 0 Å². The smallest absolute Gasteiger partial charge is 0.223 e. The predicted molar refractivity (Wildman–Crippen MR) is 81.7 cm³/mol. The lowest BCUT2D eigenvalue weighted by Gasteiger charge is -2.33. The Morgan fingerprint density at radius 3 is 2.90 bits per heavy atom. The molecule has 4 nitrogen and oxygen atoms in total. The van der Waals surface area contributed by atoms with Crippen LogP contribution in [-0.2, 0) is 11.8 Å². The van der Waals surface area contributed by atoms with E-state index >= 15 is 0 Å². The van der Waals surface area contributed by atoms with E-state index in [1.54, 1.807) is 0 Å². The highest BCUT2D eigenvalue weighted by Gasteiger charge is 2.31. The summed E-state index contributed by atoms with van der Waals surface area (Å²) in [5, 5.41) is 3.15. The molecular formula is C16H20N4. The van der Waals surface area contributed by atoms with Crippen LogP contribution in [0, 0.1) is 0 Å². The second-order valence-corrected chi connectivity index (χ2v) is 5.89. The minimum absolute atomic E-state index is 0.124. The van der Waals surface area contributed by atoms with Crippen molar-refractivity contribution in [3.8, 4) is 11.3 Å². The zero-order valence-corrected chi connectivity index (χ0v) is 12.0. The van der Waals surface area contributed by atoms with Crippen molar-refractivity contribution in [3.05, 3.63) is 41.6 Å². The Kier molecular flexibility index (Phi) is 3.18. The van der Waals surface area contributed by atoms with Crippen LogP contribution in [0.15, 0.2) is 30.5 Å². The standard InChI is InChI=1S/C16H20N4/c1-16(2)9-11-10-19-15(18-8-7-17)20-14(11)12-5-3-4-6-13(12)16/h3-6,10H,7-9,17H2,1-2H3,(H,18,19,20). The highest BCUT2D eigenvalue weighted by molar-refractivity contribution is 5.72. The molecule has 0 saturated carbocycles. The van der Waals surface area contributed by atoms with E-state index in [2.05, 4.69) is 53.4 Å². The molecule has 0 amide bonds. The van der Waals surface area contributed by atoms with Crippen molar-refractivity contribution in [1.29, 1.82) is 0 Å². The van der Waals surface area contributed by atoms with Gasteiger partial charge >= 0.3 is 0 Å². The molecule has 20 heavy (non-hydrogen) atoms. The second-order valence-electron chi connectivity index (χ2n) is 5.89. The second kappa shape index (κ2) is 4.87.